The van der Waals surface area contributed by atoms with Gasteiger partial charge in [0.2, 0.25) is 0 Å². The molecule has 0 radical (unpaired) electrons. The Kier molecular flexibility index (Phi) is 5.48. The molecule has 1 amide bonds. The predicted octanol–water partition coefficient (Wildman–Crippen LogP) is 2.00. The summed E-state index contributed by atoms with van der Waals surface area (Å²) in [6, 6.07) is 11.9. The van der Waals surface area contributed by atoms with Crippen molar-refractivity contribution in [1.29, 1.82) is 0 Å². The van der Waals surface area contributed by atoms with E-state index in [1.165, 1.54) is 6.07 Å². The first-order valence-electron chi connectivity index (χ1n) is 9.39. The number of morpholine rings is 1. The number of hydrogen-bond donors (Lipinski definition) is 1. The summed E-state index contributed by atoms with van der Waals surface area (Å²) in [6.45, 7) is 2.73. The third-order valence-corrected chi connectivity index (χ3v) is 4.84. The summed E-state index contributed by atoms with van der Waals surface area (Å²) in [5.41, 5.74) is 0.632. The SMILES string of the molecule is O=C(NC[C@@H]1COc2ccccc2O1)c1ccc(N2CCOCC2)c([N+](=O)[O-])c1. The third kappa shape index (κ3) is 4.24. The second kappa shape index (κ2) is 8.36. The Bertz CT molecular complexity index is 913. The van der Waals surface area contributed by atoms with Crippen molar-refractivity contribution >= 4 is 17.3 Å². The number of amides is 1. The molecule has 152 valence electrons. The molecule has 2 aliphatic rings. The van der Waals surface area contributed by atoms with Crippen LogP contribution in [0.1, 0.15) is 10.4 Å². The molecule has 0 aliphatic carbocycles. The van der Waals surface area contributed by atoms with Crippen molar-refractivity contribution in [2.45, 2.75) is 6.10 Å². The molecule has 2 aliphatic heterocycles. The molecule has 2 aromatic rings. The molecule has 0 aromatic heterocycles. The summed E-state index contributed by atoms with van der Waals surface area (Å²) in [5, 5.41) is 14.3. The number of benzene rings is 2. The number of nitrogens with one attached hydrogen (secondary N) is 1. The first kappa shape index (κ1) is 19.0. The van der Waals surface area contributed by atoms with Crippen LogP contribution < -0.4 is 19.7 Å². The van der Waals surface area contributed by atoms with E-state index in [2.05, 4.69) is 5.32 Å². The second-order valence-corrected chi connectivity index (χ2v) is 6.77. The maximum atomic E-state index is 12.5. The molecule has 2 heterocycles. The van der Waals surface area contributed by atoms with Gasteiger partial charge < -0.3 is 24.4 Å². The zero-order valence-electron chi connectivity index (χ0n) is 15.7. The normalized spacial score (nSPS) is 18.2. The van der Waals surface area contributed by atoms with Gasteiger partial charge in [0.05, 0.1) is 24.7 Å². The van der Waals surface area contributed by atoms with Crippen molar-refractivity contribution < 1.29 is 23.9 Å². The van der Waals surface area contributed by atoms with Crippen LogP contribution in [0.5, 0.6) is 11.5 Å². The van der Waals surface area contributed by atoms with E-state index in [-0.39, 0.29) is 23.9 Å². The van der Waals surface area contributed by atoms with Gasteiger partial charge in [-0.2, -0.15) is 0 Å². The zero-order chi connectivity index (χ0) is 20.2. The summed E-state index contributed by atoms with van der Waals surface area (Å²) >= 11 is 0. The van der Waals surface area contributed by atoms with Crippen LogP contribution in [0.3, 0.4) is 0 Å². The van der Waals surface area contributed by atoms with Gasteiger partial charge >= 0.3 is 0 Å². The van der Waals surface area contributed by atoms with E-state index in [0.29, 0.717) is 50.1 Å². The first-order valence-corrected chi connectivity index (χ1v) is 9.39. The van der Waals surface area contributed by atoms with E-state index in [0.717, 1.165) is 0 Å². The minimum absolute atomic E-state index is 0.0919. The van der Waals surface area contributed by atoms with Gasteiger partial charge in [0.15, 0.2) is 11.5 Å². The number of nitrogens with zero attached hydrogens (tertiary/aromatic N) is 2. The molecule has 0 spiro atoms. The van der Waals surface area contributed by atoms with Crippen LogP contribution in [0, 0.1) is 10.1 Å². The number of nitro benzene ring substituents is 1. The van der Waals surface area contributed by atoms with Crippen LogP contribution in [-0.4, -0.2) is 56.4 Å². The van der Waals surface area contributed by atoms with Gasteiger partial charge in [0.1, 0.15) is 18.4 Å². The largest absolute Gasteiger partial charge is 0.486 e. The van der Waals surface area contributed by atoms with E-state index in [4.69, 9.17) is 14.2 Å². The number of carbonyl (C=O) groups is 1. The Morgan fingerprint density at radius 2 is 1.93 bits per heavy atom. The summed E-state index contributed by atoms with van der Waals surface area (Å²) < 4.78 is 16.7. The molecule has 9 heteroatoms. The van der Waals surface area contributed by atoms with Crippen LogP contribution in [0.25, 0.3) is 0 Å². The van der Waals surface area contributed by atoms with Gasteiger partial charge in [-0.1, -0.05) is 12.1 Å². The van der Waals surface area contributed by atoms with Crippen molar-refractivity contribution in [3.63, 3.8) is 0 Å². The number of fused-ring (bicyclic) bond motifs is 1. The van der Waals surface area contributed by atoms with Gasteiger partial charge in [-0.25, -0.2) is 0 Å². The zero-order valence-corrected chi connectivity index (χ0v) is 15.7. The molecule has 4 rings (SSSR count). The number of anilines is 1. The fraction of sp³-hybridized carbons (Fsp3) is 0.350. The molecule has 0 unspecified atom stereocenters. The Morgan fingerprint density at radius 1 is 1.17 bits per heavy atom. The summed E-state index contributed by atoms with van der Waals surface area (Å²) in [4.78, 5) is 25.5. The van der Waals surface area contributed by atoms with E-state index < -0.39 is 10.8 Å². The first-order chi connectivity index (χ1) is 14.1. The molecule has 1 atom stereocenters. The maximum Gasteiger partial charge on any atom is 0.293 e. The molecular formula is C20H21N3O6. The lowest BCUT2D eigenvalue weighted by molar-refractivity contribution is -0.384. The number of hydrogen-bond acceptors (Lipinski definition) is 7. The van der Waals surface area contributed by atoms with Gasteiger partial charge in [-0.15, -0.1) is 0 Å². The minimum Gasteiger partial charge on any atom is -0.486 e. The quantitative estimate of drug-likeness (QED) is 0.606. The molecule has 2 aromatic carbocycles. The Morgan fingerprint density at radius 3 is 2.69 bits per heavy atom. The molecule has 1 N–H and O–H groups in total. The molecule has 9 nitrogen and oxygen atoms in total. The van der Waals surface area contributed by atoms with E-state index in [1.54, 1.807) is 18.2 Å². The smallest absolute Gasteiger partial charge is 0.293 e. The molecule has 0 bridgehead atoms. The lowest BCUT2D eigenvalue weighted by Crippen LogP contribution is -2.40. The summed E-state index contributed by atoms with van der Waals surface area (Å²) in [6.07, 6.45) is -0.337. The predicted molar refractivity (Wildman–Crippen MR) is 105 cm³/mol. The van der Waals surface area contributed by atoms with Crippen molar-refractivity contribution in [3.8, 4) is 11.5 Å². The Balaban J connectivity index is 1.42. The van der Waals surface area contributed by atoms with Crippen LogP contribution in [0.15, 0.2) is 42.5 Å². The van der Waals surface area contributed by atoms with E-state index in [1.807, 2.05) is 23.1 Å². The van der Waals surface area contributed by atoms with Crippen LogP contribution >= 0.6 is 0 Å². The fourth-order valence-corrected chi connectivity index (χ4v) is 3.35. The third-order valence-electron chi connectivity index (χ3n) is 4.84. The Labute approximate surface area is 167 Å². The van der Waals surface area contributed by atoms with Gasteiger partial charge in [0.25, 0.3) is 11.6 Å². The molecule has 29 heavy (non-hydrogen) atoms. The number of ether oxygens (including phenoxy) is 3. The van der Waals surface area contributed by atoms with Gasteiger partial charge in [-0.05, 0) is 24.3 Å². The second-order valence-electron chi connectivity index (χ2n) is 6.77. The van der Waals surface area contributed by atoms with Crippen molar-refractivity contribution in [3.05, 3.63) is 58.1 Å². The molecular weight excluding hydrogens is 378 g/mol. The highest BCUT2D eigenvalue weighted by molar-refractivity contribution is 5.95. The van der Waals surface area contributed by atoms with Gasteiger partial charge in [0, 0.05) is 24.7 Å². The Hall–Kier alpha value is -3.33. The number of para-hydroxylation sites is 2. The van der Waals surface area contributed by atoms with E-state index in [9.17, 15) is 14.9 Å². The highest BCUT2D eigenvalue weighted by Crippen LogP contribution is 2.31. The highest BCUT2D eigenvalue weighted by Gasteiger charge is 2.25. The number of carbonyl (C=O) groups excluding carboxylic acids is 1. The average Bonchev–Trinajstić information content (AvgIpc) is 2.77. The van der Waals surface area contributed by atoms with Crippen molar-refractivity contribution in [1.82, 2.24) is 5.32 Å². The van der Waals surface area contributed by atoms with Gasteiger partial charge in [-0.3, -0.25) is 14.9 Å². The van der Waals surface area contributed by atoms with Crippen molar-refractivity contribution in [2.24, 2.45) is 0 Å². The molecule has 1 saturated heterocycles. The number of rotatable bonds is 5. The highest BCUT2D eigenvalue weighted by atomic mass is 16.6. The molecule has 0 saturated carbocycles. The summed E-state index contributed by atoms with van der Waals surface area (Å²) in [5.74, 6) is 0.900. The standard InChI is InChI=1S/C20H21N3O6/c24-20(21-12-15-13-28-18-3-1-2-4-19(18)29-15)14-5-6-16(17(11-14)23(25)26)22-7-9-27-10-8-22/h1-6,11,15H,7-10,12-13H2,(H,21,24)/t15-/m1/s1. The monoisotopic (exact) mass is 399 g/mol. The van der Waals surface area contributed by atoms with Crippen molar-refractivity contribution in [2.75, 3.05) is 44.4 Å². The lowest BCUT2D eigenvalue weighted by Gasteiger charge is -2.28. The topological polar surface area (TPSA) is 103 Å². The lowest BCUT2D eigenvalue weighted by atomic mass is 10.1. The van der Waals surface area contributed by atoms with Crippen LogP contribution in [0.2, 0.25) is 0 Å². The molecule has 1 fully saturated rings. The fourth-order valence-electron chi connectivity index (χ4n) is 3.35. The maximum absolute atomic E-state index is 12.5. The number of nitro groups is 1. The van der Waals surface area contributed by atoms with Crippen LogP contribution in [0.4, 0.5) is 11.4 Å². The summed E-state index contributed by atoms with van der Waals surface area (Å²) in [7, 11) is 0. The average molecular weight is 399 g/mol. The minimum atomic E-state index is -0.462. The van der Waals surface area contributed by atoms with Crippen LogP contribution in [-0.2, 0) is 4.74 Å². The van der Waals surface area contributed by atoms with E-state index >= 15 is 0 Å².